The van der Waals surface area contributed by atoms with E-state index in [0.29, 0.717) is 11.4 Å². The number of nitrogens with zero attached hydrogens (tertiary/aromatic N) is 2. The zero-order chi connectivity index (χ0) is 16.3. The number of hydrogen-bond acceptors (Lipinski definition) is 3. The van der Waals surface area contributed by atoms with Crippen molar-refractivity contribution in [2.45, 2.75) is 20.0 Å². The second-order valence-corrected chi connectivity index (χ2v) is 4.71. The molecular formula is C16H13F3N2O. The van der Waals surface area contributed by atoms with E-state index in [9.17, 15) is 18.0 Å². The molecular weight excluding hydrogens is 293 g/mol. The van der Waals surface area contributed by atoms with Crippen molar-refractivity contribution in [1.82, 2.24) is 4.98 Å². The number of carbonyl (C=O) groups is 1. The molecule has 3 nitrogen and oxygen atoms in total. The topological polar surface area (TPSA) is 42.3 Å². The zero-order valence-corrected chi connectivity index (χ0v) is 12.0. The van der Waals surface area contributed by atoms with Gasteiger partial charge in [0.1, 0.15) is 5.69 Å². The summed E-state index contributed by atoms with van der Waals surface area (Å²) in [5.41, 5.74) is 0.595. The summed E-state index contributed by atoms with van der Waals surface area (Å²) in [6, 6.07) is 9.62. The molecule has 0 saturated heterocycles. The van der Waals surface area contributed by atoms with Gasteiger partial charge in [-0.25, -0.2) is 4.98 Å². The fraction of sp³-hybridized carbons (Fsp3) is 0.188. The minimum Gasteiger partial charge on any atom is -0.293 e. The van der Waals surface area contributed by atoms with Crippen molar-refractivity contribution in [3.05, 3.63) is 59.4 Å². The minimum absolute atomic E-state index is 0.183. The standard InChI is InChI=1S/C16H13F3N2O/c1-10(14-7-4-8-15(21-14)11(2)22)20-13-6-3-5-12(9-13)16(17,18)19/h3-9H,1-2H3. The van der Waals surface area contributed by atoms with Gasteiger partial charge in [0.2, 0.25) is 0 Å². The highest BCUT2D eigenvalue weighted by molar-refractivity contribution is 6.00. The third-order valence-corrected chi connectivity index (χ3v) is 2.95. The molecule has 1 aromatic carbocycles. The molecule has 0 radical (unpaired) electrons. The Kier molecular flexibility index (Phi) is 4.40. The molecule has 6 heteroatoms. The zero-order valence-electron chi connectivity index (χ0n) is 12.0. The van der Waals surface area contributed by atoms with E-state index in [1.54, 1.807) is 25.1 Å². The van der Waals surface area contributed by atoms with Crippen LogP contribution < -0.4 is 0 Å². The first-order chi connectivity index (χ1) is 10.3. The molecule has 0 amide bonds. The van der Waals surface area contributed by atoms with Crippen LogP contribution in [0.2, 0.25) is 0 Å². The maximum absolute atomic E-state index is 12.7. The van der Waals surface area contributed by atoms with E-state index < -0.39 is 11.7 Å². The van der Waals surface area contributed by atoms with Gasteiger partial charge in [0, 0.05) is 6.92 Å². The number of ketones is 1. The van der Waals surface area contributed by atoms with Gasteiger partial charge in [0.05, 0.1) is 22.7 Å². The molecule has 0 fully saturated rings. The summed E-state index contributed by atoms with van der Waals surface area (Å²) in [5.74, 6) is -0.186. The van der Waals surface area contributed by atoms with Gasteiger partial charge in [-0.05, 0) is 37.3 Å². The number of aliphatic imine (C=N–C) groups is 1. The number of rotatable bonds is 3. The molecule has 0 bridgehead atoms. The summed E-state index contributed by atoms with van der Waals surface area (Å²) in [4.78, 5) is 19.6. The van der Waals surface area contributed by atoms with E-state index in [2.05, 4.69) is 9.98 Å². The lowest BCUT2D eigenvalue weighted by atomic mass is 10.2. The lowest BCUT2D eigenvalue weighted by Gasteiger charge is -2.07. The molecule has 2 rings (SSSR count). The normalized spacial score (nSPS) is 12.3. The Morgan fingerprint density at radius 3 is 2.32 bits per heavy atom. The summed E-state index contributed by atoms with van der Waals surface area (Å²) in [6.45, 7) is 3.03. The number of halogens is 3. The second kappa shape index (κ2) is 6.09. The molecule has 0 atom stereocenters. The third kappa shape index (κ3) is 3.78. The van der Waals surface area contributed by atoms with Gasteiger partial charge in [-0.15, -0.1) is 0 Å². The van der Waals surface area contributed by atoms with Crippen LogP contribution in [0.3, 0.4) is 0 Å². The van der Waals surface area contributed by atoms with Crippen LogP contribution in [0.5, 0.6) is 0 Å². The first kappa shape index (κ1) is 15.9. The first-order valence-corrected chi connectivity index (χ1v) is 6.48. The summed E-state index contributed by atoms with van der Waals surface area (Å²) in [6.07, 6.45) is -4.41. The van der Waals surface area contributed by atoms with Gasteiger partial charge in [0.25, 0.3) is 0 Å². The highest BCUT2D eigenvalue weighted by atomic mass is 19.4. The Bertz CT molecular complexity index is 736. The van der Waals surface area contributed by atoms with Crippen LogP contribution in [-0.2, 0) is 6.18 Å². The Balaban J connectivity index is 2.37. The van der Waals surface area contributed by atoms with E-state index >= 15 is 0 Å². The molecule has 22 heavy (non-hydrogen) atoms. The fourth-order valence-corrected chi connectivity index (χ4v) is 1.83. The smallest absolute Gasteiger partial charge is 0.293 e. The van der Waals surface area contributed by atoms with Crippen molar-refractivity contribution in [3.8, 4) is 0 Å². The molecule has 1 aromatic heterocycles. The van der Waals surface area contributed by atoms with Gasteiger partial charge >= 0.3 is 6.18 Å². The minimum atomic E-state index is -4.41. The summed E-state index contributed by atoms with van der Waals surface area (Å²) in [5, 5.41) is 0. The lowest BCUT2D eigenvalue weighted by Crippen LogP contribution is -2.05. The monoisotopic (exact) mass is 306 g/mol. The van der Waals surface area contributed by atoms with Crippen LogP contribution in [0, 0.1) is 0 Å². The number of carbonyl (C=O) groups excluding carboxylic acids is 1. The lowest BCUT2D eigenvalue weighted by molar-refractivity contribution is -0.137. The Morgan fingerprint density at radius 2 is 1.68 bits per heavy atom. The highest BCUT2D eigenvalue weighted by Crippen LogP contribution is 2.31. The van der Waals surface area contributed by atoms with Crippen LogP contribution in [0.4, 0.5) is 18.9 Å². The predicted octanol–water partition coefficient (Wildman–Crippen LogP) is 4.44. The van der Waals surface area contributed by atoms with Crippen molar-refractivity contribution < 1.29 is 18.0 Å². The molecule has 0 aliphatic rings. The van der Waals surface area contributed by atoms with Crippen LogP contribution >= 0.6 is 0 Å². The molecule has 2 aromatic rings. The average molecular weight is 306 g/mol. The number of Topliss-reactive ketones (excluding diaryl/α,β-unsaturated/α-hetero) is 1. The van der Waals surface area contributed by atoms with Gasteiger partial charge < -0.3 is 0 Å². The summed E-state index contributed by atoms with van der Waals surface area (Å²) < 4.78 is 38.0. The molecule has 1 heterocycles. The molecule has 0 saturated carbocycles. The Morgan fingerprint density at radius 1 is 1.05 bits per heavy atom. The van der Waals surface area contributed by atoms with E-state index in [1.807, 2.05) is 0 Å². The quantitative estimate of drug-likeness (QED) is 0.621. The van der Waals surface area contributed by atoms with Gasteiger partial charge in [-0.1, -0.05) is 12.1 Å². The molecule has 0 aliphatic heterocycles. The van der Waals surface area contributed by atoms with Crippen molar-refractivity contribution in [1.29, 1.82) is 0 Å². The van der Waals surface area contributed by atoms with E-state index in [4.69, 9.17) is 0 Å². The second-order valence-electron chi connectivity index (χ2n) is 4.71. The maximum atomic E-state index is 12.7. The molecule has 0 N–H and O–H groups in total. The third-order valence-electron chi connectivity index (χ3n) is 2.95. The van der Waals surface area contributed by atoms with Gasteiger partial charge in [-0.2, -0.15) is 13.2 Å². The van der Waals surface area contributed by atoms with Gasteiger partial charge in [0.15, 0.2) is 5.78 Å². The van der Waals surface area contributed by atoms with Crippen molar-refractivity contribution in [2.75, 3.05) is 0 Å². The van der Waals surface area contributed by atoms with Crippen LogP contribution in [0.15, 0.2) is 47.5 Å². The van der Waals surface area contributed by atoms with Crippen LogP contribution in [0.25, 0.3) is 0 Å². The SMILES string of the molecule is CC(=O)c1cccc(C(C)=Nc2cccc(C(F)(F)F)c2)n1. The fourth-order valence-electron chi connectivity index (χ4n) is 1.83. The Labute approximate surface area is 125 Å². The molecule has 0 unspecified atom stereocenters. The highest BCUT2D eigenvalue weighted by Gasteiger charge is 2.30. The maximum Gasteiger partial charge on any atom is 0.416 e. The summed E-state index contributed by atoms with van der Waals surface area (Å²) in [7, 11) is 0. The average Bonchev–Trinajstić information content (AvgIpc) is 2.46. The molecule has 114 valence electrons. The van der Waals surface area contributed by atoms with Crippen molar-refractivity contribution in [3.63, 3.8) is 0 Å². The van der Waals surface area contributed by atoms with Gasteiger partial charge in [-0.3, -0.25) is 9.79 Å². The molecule has 0 aliphatic carbocycles. The molecule has 0 spiro atoms. The van der Waals surface area contributed by atoms with E-state index in [1.165, 1.54) is 19.1 Å². The van der Waals surface area contributed by atoms with Crippen LogP contribution in [-0.4, -0.2) is 16.5 Å². The number of alkyl halides is 3. The number of pyridine rings is 1. The largest absolute Gasteiger partial charge is 0.416 e. The number of hydrogen-bond donors (Lipinski definition) is 0. The summed E-state index contributed by atoms with van der Waals surface area (Å²) >= 11 is 0. The predicted molar refractivity (Wildman–Crippen MR) is 77.6 cm³/mol. The number of benzene rings is 1. The van der Waals surface area contributed by atoms with Crippen molar-refractivity contribution >= 4 is 17.2 Å². The Hall–Kier alpha value is -2.50. The number of aromatic nitrogens is 1. The van der Waals surface area contributed by atoms with Crippen LogP contribution in [0.1, 0.15) is 35.6 Å². The van der Waals surface area contributed by atoms with E-state index in [0.717, 1.165) is 12.1 Å². The first-order valence-electron chi connectivity index (χ1n) is 6.48. The van der Waals surface area contributed by atoms with Crippen molar-refractivity contribution in [2.24, 2.45) is 4.99 Å². The van der Waals surface area contributed by atoms with E-state index in [-0.39, 0.29) is 17.2 Å².